The number of nitro groups is 1. The van der Waals surface area contributed by atoms with Gasteiger partial charge in [-0.15, -0.1) is 0 Å². The molecular weight excluding hydrogens is 266 g/mol. The van der Waals surface area contributed by atoms with Crippen LogP contribution in [0, 0.1) is 10.1 Å². The highest BCUT2D eigenvalue weighted by atomic mass is 79.9. The van der Waals surface area contributed by atoms with Crippen LogP contribution in [0.15, 0.2) is 22.8 Å². The quantitative estimate of drug-likeness (QED) is 0.612. The molecule has 0 N–H and O–H groups in total. The first-order valence-electron chi connectivity index (χ1n) is 4.07. The van der Waals surface area contributed by atoms with Crippen LogP contribution in [0.25, 0.3) is 6.08 Å². The average Bonchev–Trinajstić information content (AvgIpc) is 2.63. The highest BCUT2D eigenvalue weighted by Gasteiger charge is 2.17. The van der Waals surface area contributed by atoms with Crippen LogP contribution in [-0.4, -0.2) is 11.7 Å². The summed E-state index contributed by atoms with van der Waals surface area (Å²) in [6.45, 7) is 0.177. The summed E-state index contributed by atoms with van der Waals surface area (Å²) in [5, 5.41) is 10.1. The smallest absolute Gasteiger partial charge is 0.235 e. The summed E-state index contributed by atoms with van der Waals surface area (Å²) >= 11 is 3.30. The first-order valence-corrected chi connectivity index (χ1v) is 4.87. The van der Waals surface area contributed by atoms with Gasteiger partial charge in [-0.2, -0.15) is 0 Å². The van der Waals surface area contributed by atoms with Crippen molar-refractivity contribution in [2.75, 3.05) is 6.79 Å². The zero-order valence-corrected chi connectivity index (χ0v) is 9.06. The Kier molecular flexibility index (Phi) is 2.59. The van der Waals surface area contributed by atoms with Gasteiger partial charge in [0.15, 0.2) is 11.5 Å². The zero-order chi connectivity index (χ0) is 10.8. The van der Waals surface area contributed by atoms with Gasteiger partial charge in [-0.05, 0) is 33.6 Å². The van der Waals surface area contributed by atoms with Crippen LogP contribution in [0.2, 0.25) is 0 Å². The molecule has 5 nitrogen and oxygen atoms in total. The van der Waals surface area contributed by atoms with Crippen LogP contribution in [-0.2, 0) is 0 Å². The summed E-state index contributed by atoms with van der Waals surface area (Å²) in [6.07, 6.45) is 2.27. The summed E-state index contributed by atoms with van der Waals surface area (Å²) in [5.74, 6) is 1.22. The highest BCUT2D eigenvalue weighted by Crippen LogP contribution is 2.40. The molecule has 78 valence electrons. The van der Waals surface area contributed by atoms with E-state index in [2.05, 4.69) is 15.9 Å². The van der Waals surface area contributed by atoms with E-state index in [0.29, 0.717) is 17.1 Å². The lowest BCUT2D eigenvalue weighted by Crippen LogP contribution is -1.93. The molecule has 0 bridgehead atoms. The monoisotopic (exact) mass is 271 g/mol. The molecule has 1 aliphatic heterocycles. The maximum atomic E-state index is 10.1. The predicted octanol–water partition coefficient (Wildman–Crippen LogP) is 2.43. The Balaban J connectivity index is 2.35. The molecule has 1 heterocycles. The van der Waals surface area contributed by atoms with Gasteiger partial charge in [-0.25, -0.2) is 0 Å². The third kappa shape index (κ3) is 2.10. The molecule has 0 saturated heterocycles. The molecule has 0 radical (unpaired) electrons. The van der Waals surface area contributed by atoms with E-state index in [1.807, 2.05) is 0 Å². The van der Waals surface area contributed by atoms with Crippen molar-refractivity contribution in [3.05, 3.63) is 38.5 Å². The number of benzene rings is 1. The van der Waals surface area contributed by atoms with Crippen LogP contribution in [0.3, 0.4) is 0 Å². The second kappa shape index (κ2) is 3.90. The Labute approximate surface area is 93.6 Å². The first-order chi connectivity index (χ1) is 7.16. The summed E-state index contributed by atoms with van der Waals surface area (Å²) in [4.78, 5) is 9.63. The average molecular weight is 272 g/mol. The lowest BCUT2D eigenvalue weighted by Gasteiger charge is -2.00. The number of ether oxygens (including phenoxy) is 2. The molecule has 0 atom stereocenters. The molecule has 0 unspecified atom stereocenters. The lowest BCUT2D eigenvalue weighted by atomic mass is 10.2. The van der Waals surface area contributed by atoms with E-state index in [0.717, 1.165) is 10.7 Å². The predicted molar refractivity (Wildman–Crippen MR) is 56.3 cm³/mol. The van der Waals surface area contributed by atoms with Gasteiger partial charge < -0.3 is 9.47 Å². The van der Waals surface area contributed by atoms with Crippen molar-refractivity contribution < 1.29 is 14.4 Å². The Morgan fingerprint density at radius 2 is 2.27 bits per heavy atom. The summed E-state index contributed by atoms with van der Waals surface area (Å²) < 4.78 is 11.1. The highest BCUT2D eigenvalue weighted by molar-refractivity contribution is 9.10. The maximum absolute atomic E-state index is 10.1. The van der Waals surface area contributed by atoms with E-state index < -0.39 is 4.92 Å². The van der Waals surface area contributed by atoms with E-state index in [1.54, 1.807) is 12.1 Å². The fraction of sp³-hybridized carbons (Fsp3) is 0.111. The second-order valence-corrected chi connectivity index (χ2v) is 3.69. The molecular formula is C9H6BrNO4. The fourth-order valence-electron chi connectivity index (χ4n) is 1.23. The first kappa shape index (κ1) is 9.97. The molecule has 1 aromatic carbocycles. The van der Waals surface area contributed by atoms with E-state index in [-0.39, 0.29) is 6.79 Å². The van der Waals surface area contributed by atoms with Gasteiger partial charge in [0.25, 0.3) is 0 Å². The molecule has 15 heavy (non-hydrogen) atoms. The number of hydrogen-bond acceptors (Lipinski definition) is 4. The molecule has 2 rings (SSSR count). The number of nitrogens with zero attached hydrogens (tertiary/aromatic N) is 1. The Hall–Kier alpha value is -1.56. The Morgan fingerprint density at radius 3 is 3.00 bits per heavy atom. The summed E-state index contributed by atoms with van der Waals surface area (Å²) in [6, 6.07) is 3.42. The van der Waals surface area contributed by atoms with E-state index in [1.165, 1.54) is 6.08 Å². The van der Waals surface area contributed by atoms with Crippen molar-refractivity contribution in [1.82, 2.24) is 0 Å². The van der Waals surface area contributed by atoms with Crippen molar-refractivity contribution in [3.8, 4) is 11.5 Å². The largest absolute Gasteiger partial charge is 0.454 e. The standard InChI is InChI=1S/C9H6BrNO4/c10-7-3-6(1-2-11(12)13)4-8-9(7)15-5-14-8/h1-4H,5H2. The summed E-state index contributed by atoms with van der Waals surface area (Å²) in [5.41, 5.74) is 0.683. The van der Waals surface area contributed by atoms with Crippen molar-refractivity contribution in [3.63, 3.8) is 0 Å². The Morgan fingerprint density at radius 1 is 1.47 bits per heavy atom. The van der Waals surface area contributed by atoms with E-state index >= 15 is 0 Å². The van der Waals surface area contributed by atoms with Crippen molar-refractivity contribution in [2.45, 2.75) is 0 Å². The molecule has 0 saturated carbocycles. The number of fused-ring (bicyclic) bond motifs is 1. The third-order valence-electron chi connectivity index (χ3n) is 1.84. The van der Waals surface area contributed by atoms with Gasteiger partial charge in [-0.3, -0.25) is 10.1 Å². The Bertz CT molecular complexity index is 444. The molecule has 1 aromatic rings. The van der Waals surface area contributed by atoms with Gasteiger partial charge in [0.05, 0.1) is 9.40 Å². The normalized spacial score (nSPS) is 13.4. The van der Waals surface area contributed by atoms with E-state index in [9.17, 15) is 10.1 Å². The van der Waals surface area contributed by atoms with Crippen LogP contribution < -0.4 is 9.47 Å². The van der Waals surface area contributed by atoms with Crippen molar-refractivity contribution >= 4 is 22.0 Å². The molecule has 6 heteroatoms. The molecule has 0 amide bonds. The van der Waals surface area contributed by atoms with Gasteiger partial charge >= 0.3 is 0 Å². The SMILES string of the molecule is O=[N+]([O-])C=Cc1cc(Br)c2c(c1)OCO2. The van der Waals surface area contributed by atoms with Gasteiger partial charge in [0.2, 0.25) is 13.0 Å². The van der Waals surface area contributed by atoms with Gasteiger partial charge in [0.1, 0.15) is 0 Å². The van der Waals surface area contributed by atoms with Crippen LogP contribution in [0.4, 0.5) is 0 Å². The van der Waals surface area contributed by atoms with Crippen molar-refractivity contribution in [2.24, 2.45) is 0 Å². The fourth-order valence-corrected chi connectivity index (χ4v) is 1.80. The second-order valence-electron chi connectivity index (χ2n) is 2.84. The van der Waals surface area contributed by atoms with Crippen molar-refractivity contribution in [1.29, 1.82) is 0 Å². The topological polar surface area (TPSA) is 61.6 Å². The number of halogens is 1. The number of rotatable bonds is 2. The van der Waals surface area contributed by atoms with Crippen LogP contribution >= 0.6 is 15.9 Å². The molecule has 0 aromatic heterocycles. The molecule has 0 aliphatic carbocycles. The minimum Gasteiger partial charge on any atom is -0.454 e. The maximum Gasteiger partial charge on any atom is 0.235 e. The molecule has 0 fully saturated rings. The molecule has 0 spiro atoms. The summed E-state index contributed by atoms with van der Waals surface area (Å²) in [7, 11) is 0. The van der Waals surface area contributed by atoms with E-state index in [4.69, 9.17) is 9.47 Å². The minimum absolute atomic E-state index is 0.177. The zero-order valence-electron chi connectivity index (χ0n) is 7.47. The minimum atomic E-state index is -0.515. The van der Waals surface area contributed by atoms with Crippen LogP contribution in [0.1, 0.15) is 5.56 Å². The van der Waals surface area contributed by atoms with Gasteiger partial charge in [0, 0.05) is 6.08 Å². The number of hydrogen-bond donors (Lipinski definition) is 0. The van der Waals surface area contributed by atoms with Crippen LogP contribution in [0.5, 0.6) is 11.5 Å². The third-order valence-corrected chi connectivity index (χ3v) is 2.43. The molecule has 1 aliphatic rings. The van der Waals surface area contributed by atoms with Gasteiger partial charge in [-0.1, -0.05) is 0 Å². The lowest BCUT2D eigenvalue weighted by molar-refractivity contribution is -0.400.